The van der Waals surface area contributed by atoms with E-state index in [0.29, 0.717) is 0 Å². The molecule has 0 aromatic heterocycles. The number of ether oxygens (including phenoxy) is 2. The first-order chi connectivity index (χ1) is 8.20. The lowest BCUT2D eigenvalue weighted by atomic mass is 9.97. The summed E-state index contributed by atoms with van der Waals surface area (Å²) < 4.78 is 9.89. The lowest BCUT2D eigenvalue weighted by Gasteiger charge is -2.17. The normalized spacial score (nSPS) is 10.9. The second kappa shape index (κ2) is 5.08. The van der Waals surface area contributed by atoms with E-state index in [9.17, 15) is 14.7 Å². The predicted octanol–water partition coefficient (Wildman–Crippen LogP) is 2.27. The Bertz CT molecular complexity index is 471. The molecule has 0 saturated heterocycles. The molecule has 0 bridgehead atoms. The Hall–Kier alpha value is -2.04. The molecule has 0 atom stereocenters. The van der Waals surface area contributed by atoms with Crippen LogP contribution < -0.4 is 9.47 Å². The summed E-state index contributed by atoms with van der Waals surface area (Å²) in [6, 6.07) is 4.00. The molecule has 0 unspecified atom stereocenters. The Labute approximate surface area is 105 Å². The lowest BCUT2D eigenvalue weighted by molar-refractivity contribution is -0.143. The Balaban J connectivity index is 2.94. The summed E-state index contributed by atoms with van der Waals surface area (Å²) in [7, 11) is 0. The maximum absolute atomic E-state index is 11.7. The minimum absolute atomic E-state index is 0.0336. The van der Waals surface area contributed by atoms with Crippen LogP contribution in [0.5, 0.6) is 17.2 Å². The molecule has 1 N–H and O–H groups in total. The quantitative estimate of drug-likeness (QED) is 0.645. The molecule has 0 aliphatic rings. The van der Waals surface area contributed by atoms with E-state index >= 15 is 0 Å². The monoisotopic (exact) mass is 252 g/mol. The van der Waals surface area contributed by atoms with Crippen molar-refractivity contribution in [1.29, 1.82) is 0 Å². The molecule has 0 aliphatic carbocycles. The average molecular weight is 252 g/mol. The van der Waals surface area contributed by atoms with Gasteiger partial charge in [0.1, 0.15) is 5.75 Å². The third kappa shape index (κ3) is 3.76. The van der Waals surface area contributed by atoms with Crippen molar-refractivity contribution in [3.8, 4) is 17.2 Å². The Kier molecular flexibility index (Phi) is 3.96. The predicted molar refractivity (Wildman–Crippen MR) is 64.5 cm³/mol. The van der Waals surface area contributed by atoms with Crippen molar-refractivity contribution >= 4 is 11.9 Å². The van der Waals surface area contributed by atoms with Gasteiger partial charge in [-0.1, -0.05) is 0 Å². The topological polar surface area (TPSA) is 72.8 Å². The van der Waals surface area contributed by atoms with Gasteiger partial charge < -0.3 is 14.6 Å². The standard InChI is InChI=1S/C13H16O5/c1-8(14)17-9-5-6-10(15)11(7-9)18-12(16)13(2,3)4/h5-7,15H,1-4H3. The lowest BCUT2D eigenvalue weighted by Crippen LogP contribution is -2.25. The third-order valence-corrected chi connectivity index (χ3v) is 2.01. The molecule has 0 radical (unpaired) electrons. The van der Waals surface area contributed by atoms with Gasteiger partial charge in [-0.25, -0.2) is 0 Å². The number of aromatic hydroxyl groups is 1. The van der Waals surface area contributed by atoms with Crippen molar-refractivity contribution in [3.63, 3.8) is 0 Å². The number of hydrogen-bond acceptors (Lipinski definition) is 5. The van der Waals surface area contributed by atoms with Gasteiger partial charge in [-0.2, -0.15) is 0 Å². The molecule has 18 heavy (non-hydrogen) atoms. The van der Waals surface area contributed by atoms with Crippen molar-refractivity contribution in [1.82, 2.24) is 0 Å². The molecule has 1 aromatic rings. The summed E-state index contributed by atoms with van der Waals surface area (Å²) in [4.78, 5) is 22.5. The summed E-state index contributed by atoms with van der Waals surface area (Å²) >= 11 is 0. The van der Waals surface area contributed by atoms with Crippen molar-refractivity contribution in [3.05, 3.63) is 18.2 Å². The molecule has 0 amide bonds. The van der Waals surface area contributed by atoms with Gasteiger partial charge in [-0.05, 0) is 32.9 Å². The zero-order valence-corrected chi connectivity index (χ0v) is 10.8. The second-order valence-corrected chi connectivity index (χ2v) is 4.86. The second-order valence-electron chi connectivity index (χ2n) is 4.86. The van der Waals surface area contributed by atoms with Crippen LogP contribution in [0.25, 0.3) is 0 Å². The van der Waals surface area contributed by atoms with Crippen LogP contribution in [-0.2, 0) is 9.59 Å². The highest BCUT2D eigenvalue weighted by Gasteiger charge is 2.24. The van der Waals surface area contributed by atoms with E-state index in [-0.39, 0.29) is 17.2 Å². The SMILES string of the molecule is CC(=O)Oc1ccc(O)c(OC(=O)C(C)(C)C)c1. The molecule has 0 heterocycles. The number of phenolic OH excluding ortho intramolecular Hbond substituents is 1. The van der Waals surface area contributed by atoms with Gasteiger partial charge in [0.05, 0.1) is 5.41 Å². The smallest absolute Gasteiger partial charge is 0.316 e. The first-order valence-corrected chi connectivity index (χ1v) is 5.44. The highest BCUT2D eigenvalue weighted by Crippen LogP contribution is 2.32. The summed E-state index contributed by atoms with van der Waals surface area (Å²) in [6.07, 6.45) is 0. The molecule has 0 fully saturated rings. The number of esters is 2. The van der Waals surface area contributed by atoms with E-state index in [2.05, 4.69) is 0 Å². The number of carbonyl (C=O) groups is 2. The van der Waals surface area contributed by atoms with Crippen LogP contribution >= 0.6 is 0 Å². The van der Waals surface area contributed by atoms with Crippen molar-refractivity contribution in [2.75, 3.05) is 0 Å². The van der Waals surface area contributed by atoms with Crippen molar-refractivity contribution in [2.24, 2.45) is 5.41 Å². The average Bonchev–Trinajstić information content (AvgIpc) is 2.20. The molecule has 5 nitrogen and oxygen atoms in total. The zero-order valence-electron chi connectivity index (χ0n) is 10.8. The first kappa shape index (κ1) is 14.0. The van der Waals surface area contributed by atoms with E-state index in [1.54, 1.807) is 20.8 Å². The minimum Gasteiger partial charge on any atom is -0.504 e. The first-order valence-electron chi connectivity index (χ1n) is 5.44. The van der Waals surface area contributed by atoms with Crippen LogP contribution in [-0.4, -0.2) is 17.0 Å². The molecule has 98 valence electrons. The Morgan fingerprint density at radius 1 is 1.17 bits per heavy atom. The van der Waals surface area contributed by atoms with Gasteiger partial charge in [0.25, 0.3) is 0 Å². The molecule has 5 heteroatoms. The van der Waals surface area contributed by atoms with E-state index in [1.165, 1.54) is 25.1 Å². The number of carbonyl (C=O) groups excluding carboxylic acids is 2. The Morgan fingerprint density at radius 2 is 1.78 bits per heavy atom. The van der Waals surface area contributed by atoms with E-state index in [1.807, 2.05) is 0 Å². The fourth-order valence-corrected chi connectivity index (χ4v) is 1.06. The van der Waals surface area contributed by atoms with Gasteiger partial charge in [-0.15, -0.1) is 0 Å². The maximum atomic E-state index is 11.7. The van der Waals surface area contributed by atoms with Gasteiger partial charge in [0.2, 0.25) is 0 Å². The van der Waals surface area contributed by atoms with Crippen molar-refractivity contribution < 1.29 is 24.2 Å². The Morgan fingerprint density at radius 3 is 2.28 bits per heavy atom. The summed E-state index contributed by atoms with van der Waals surface area (Å²) in [5.41, 5.74) is -0.691. The fourth-order valence-electron chi connectivity index (χ4n) is 1.06. The van der Waals surface area contributed by atoms with E-state index in [4.69, 9.17) is 9.47 Å². The van der Waals surface area contributed by atoms with Gasteiger partial charge in [0, 0.05) is 13.0 Å². The number of hydrogen-bond donors (Lipinski definition) is 1. The van der Waals surface area contributed by atoms with Crippen LogP contribution in [0.4, 0.5) is 0 Å². The highest BCUT2D eigenvalue weighted by molar-refractivity contribution is 5.78. The number of phenols is 1. The zero-order chi connectivity index (χ0) is 13.9. The molecular formula is C13H16O5. The van der Waals surface area contributed by atoms with Crippen molar-refractivity contribution in [2.45, 2.75) is 27.7 Å². The largest absolute Gasteiger partial charge is 0.504 e. The van der Waals surface area contributed by atoms with E-state index in [0.717, 1.165) is 0 Å². The summed E-state index contributed by atoms with van der Waals surface area (Å²) in [5.74, 6) is -0.999. The third-order valence-electron chi connectivity index (χ3n) is 2.01. The maximum Gasteiger partial charge on any atom is 0.316 e. The van der Waals surface area contributed by atoms with Gasteiger partial charge in [0.15, 0.2) is 11.5 Å². The summed E-state index contributed by atoms with van der Waals surface area (Å²) in [6.45, 7) is 6.35. The van der Waals surface area contributed by atoms with Gasteiger partial charge in [-0.3, -0.25) is 9.59 Å². The fraction of sp³-hybridized carbons (Fsp3) is 0.385. The molecule has 1 rings (SSSR count). The highest BCUT2D eigenvalue weighted by atomic mass is 16.6. The van der Waals surface area contributed by atoms with E-state index < -0.39 is 17.4 Å². The van der Waals surface area contributed by atoms with Crippen LogP contribution in [0.1, 0.15) is 27.7 Å². The summed E-state index contributed by atoms with van der Waals surface area (Å²) in [5, 5.41) is 9.57. The number of rotatable bonds is 2. The van der Waals surface area contributed by atoms with Crippen LogP contribution in [0, 0.1) is 5.41 Å². The molecule has 0 saturated carbocycles. The molecule has 0 spiro atoms. The van der Waals surface area contributed by atoms with Crippen LogP contribution in [0.2, 0.25) is 0 Å². The minimum atomic E-state index is -0.691. The van der Waals surface area contributed by atoms with Crippen LogP contribution in [0.3, 0.4) is 0 Å². The molecule has 0 aliphatic heterocycles. The van der Waals surface area contributed by atoms with Crippen LogP contribution in [0.15, 0.2) is 18.2 Å². The molecule has 1 aromatic carbocycles. The van der Waals surface area contributed by atoms with Gasteiger partial charge >= 0.3 is 11.9 Å². The number of benzene rings is 1. The molecular weight excluding hydrogens is 236 g/mol.